The fourth-order valence-electron chi connectivity index (χ4n) is 1.31. The van der Waals surface area contributed by atoms with Crippen molar-refractivity contribution in [2.24, 2.45) is 0 Å². The summed E-state index contributed by atoms with van der Waals surface area (Å²) in [5, 5.41) is 0. The molecular formula is C8H10N4O2S. The van der Waals surface area contributed by atoms with Crippen LogP contribution in [0.2, 0.25) is 0 Å². The highest BCUT2D eigenvalue weighted by Gasteiger charge is 2.07. The number of nitrogens with zero attached hydrogens (tertiary/aromatic N) is 3. The van der Waals surface area contributed by atoms with E-state index in [-0.39, 0.29) is 5.75 Å². The number of hydrogen-bond donors (Lipinski definition) is 1. The number of hydrogen-bond acceptors (Lipinski definition) is 5. The molecule has 0 aliphatic rings. The van der Waals surface area contributed by atoms with Crippen LogP contribution in [0, 0.1) is 0 Å². The zero-order chi connectivity index (χ0) is 11.1. The van der Waals surface area contributed by atoms with E-state index in [1.165, 1.54) is 18.6 Å². The first-order valence-electron chi connectivity index (χ1n) is 4.21. The Bertz CT molecular complexity index is 602. The van der Waals surface area contributed by atoms with Gasteiger partial charge in [-0.25, -0.2) is 18.4 Å². The van der Waals surface area contributed by atoms with E-state index in [4.69, 9.17) is 5.73 Å². The quantitative estimate of drug-likeness (QED) is 0.769. The maximum atomic E-state index is 11.1. The van der Waals surface area contributed by atoms with Crippen LogP contribution in [-0.2, 0) is 15.6 Å². The largest absolute Gasteiger partial charge is 0.383 e. The molecule has 0 saturated heterocycles. The molecule has 0 spiro atoms. The third kappa shape index (κ3) is 2.07. The first-order valence-corrected chi connectivity index (χ1v) is 6.27. The van der Waals surface area contributed by atoms with Gasteiger partial charge in [-0.1, -0.05) is 0 Å². The molecule has 15 heavy (non-hydrogen) atoms. The van der Waals surface area contributed by atoms with E-state index >= 15 is 0 Å². The van der Waals surface area contributed by atoms with E-state index in [1.54, 1.807) is 10.6 Å². The van der Waals surface area contributed by atoms with Crippen molar-refractivity contribution in [3.63, 3.8) is 0 Å². The summed E-state index contributed by atoms with van der Waals surface area (Å²) in [6.45, 7) is 0. The van der Waals surface area contributed by atoms with Crippen LogP contribution < -0.4 is 5.73 Å². The molecule has 0 aliphatic heterocycles. The van der Waals surface area contributed by atoms with Crippen LogP contribution in [-0.4, -0.2) is 29.0 Å². The molecule has 2 N–H and O–H groups in total. The molecule has 0 radical (unpaired) electrons. The minimum atomic E-state index is -3.06. The van der Waals surface area contributed by atoms with Crippen LogP contribution in [0.25, 0.3) is 5.78 Å². The van der Waals surface area contributed by atoms with Gasteiger partial charge in [-0.15, -0.1) is 0 Å². The SMILES string of the molecule is CS(=O)(=O)Cc1cnc2ncc(N)n2c1. The van der Waals surface area contributed by atoms with Crippen LogP contribution in [0.3, 0.4) is 0 Å². The van der Waals surface area contributed by atoms with Gasteiger partial charge in [0, 0.05) is 24.2 Å². The molecule has 6 nitrogen and oxygen atoms in total. The highest BCUT2D eigenvalue weighted by atomic mass is 32.2. The number of aromatic nitrogens is 3. The maximum absolute atomic E-state index is 11.1. The Morgan fingerprint density at radius 1 is 1.40 bits per heavy atom. The molecule has 0 aromatic carbocycles. The van der Waals surface area contributed by atoms with Crippen LogP contribution in [0.1, 0.15) is 5.56 Å². The molecule has 2 aromatic heterocycles. The Balaban J connectivity index is 2.51. The van der Waals surface area contributed by atoms with Crippen LogP contribution in [0.15, 0.2) is 18.6 Å². The summed E-state index contributed by atoms with van der Waals surface area (Å²) in [4.78, 5) is 7.93. The molecule has 0 amide bonds. The summed E-state index contributed by atoms with van der Waals surface area (Å²) >= 11 is 0. The van der Waals surface area contributed by atoms with Gasteiger partial charge in [0.25, 0.3) is 0 Å². The van der Waals surface area contributed by atoms with Gasteiger partial charge in [0.15, 0.2) is 9.84 Å². The van der Waals surface area contributed by atoms with Crippen molar-refractivity contribution in [1.29, 1.82) is 0 Å². The van der Waals surface area contributed by atoms with Gasteiger partial charge >= 0.3 is 0 Å². The molecule has 2 rings (SSSR count). The smallest absolute Gasteiger partial charge is 0.235 e. The van der Waals surface area contributed by atoms with E-state index in [1.807, 2.05) is 0 Å². The van der Waals surface area contributed by atoms with Crippen molar-refractivity contribution in [3.8, 4) is 0 Å². The topological polar surface area (TPSA) is 90.3 Å². The summed E-state index contributed by atoms with van der Waals surface area (Å²) in [6, 6.07) is 0. The van der Waals surface area contributed by atoms with Crippen molar-refractivity contribution in [2.75, 3.05) is 12.0 Å². The molecule has 0 unspecified atom stereocenters. The lowest BCUT2D eigenvalue weighted by atomic mass is 10.4. The lowest BCUT2D eigenvalue weighted by molar-refractivity contribution is 0.601. The Hall–Kier alpha value is -1.63. The average Bonchev–Trinajstić information content (AvgIpc) is 2.45. The predicted molar refractivity (Wildman–Crippen MR) is 55.9 cm³/mol. The Labute approximate surface area is 86.7 Å². The van der Waals surface area contributed by atoms with E-state index in [0.717, 1.165) is 0 Å². The molecule has 0 bridgehead atoms. The Kier molecular flexibility index (Phi) is 2.11. The van der Waals surface area contributed by atoms with Crippen molar-refractivity contribution in [2.45, 2.75) is 5.75 Å². The number of imidazole rings is 1. The first-order chi connectivity index (χ1) is 6.96. The number of nitrogens with two attached hydrogens (primary N) is 1. The molecule has 2 heterocycles. The zero-order valence-electron chi connectivity index (χ0n) is 8.08. The van der Waals surface area contributed by atoms with Crippen LogP contribution >= 0.6 is 0 Å². The number of anilines is 1. The van der Waals surface area contributed by atoms with Gasteiger partial charge in [-0.2, -0.15) is 0 Å². The predicted octanol–water partition coefficient (Wildman–Crippen LogP) is -0.144. The van der Waals surface area contributed by atoms with Crippen LogP contribution in [0.4, 0.5) is 5.82 Å². The van der Waals surface area contributed by atoms with Gasteiger partial charge in [0.05, 0.1) is 11.9 Å². The fourth-order valence-corrected chi connectivity index (χ4v) is 2.06. The molecular weight excluding hydrogens is 216 g/mol. The second kappa shape index (κ2) is 3.20. The van der Waals surface area contributed by atoms with Gasteiger partial charge in [-0.05, 0) is 0 Å². The molecule has 0 aliphatic carbocycles. The standard InChI is InChI=1S/C8H10N4O2S/c1-15(13,14)5-6-2-10-8-11-3-7(9)12(8)4-6/h2-4H,5,9H2,1H3. The van der Waals surface area contributed by atoms with E-state index in [2.05, 4.69) is 9.97 Å². The van der Waals surface area contributed by atoms with E-state index in [0.29, 0.717) is 17.2 Å². The van der Waals surface area contributed by atoms with E-state index in [9.17, 15) is 8.42 Å². The zero-order valence-corrected chi connectivity index (χ0v) is 8.90. The van der Waals surface area contributed by atoms with Gasteiger partial charge < -0.3 is 5.73 Å². The number of nitrogen functional groups attached to an aromatic ring is 1. The summed E-state index contributed by atoms with van der Waals surface area (Å²) in [7, 11) is -3.06. The molecule has 0 saturated carbocycles. The number of rotatable bonds is 2. The summed E-state index contributed by atoms with van der Waals surface area (Å²) in [5.41, 5.74) is 6.21. The van der Waals surface area contributed by atoms with Crippen molar-refractivity contribution in [3.05, 3.63) is 24.2 Å². The third-order valence-corrected chi connectivity index (χ3v) is 2.73. The molecule has 7 heteroatoms. The second-order valence-electron chi connectivity index (χ2n) is 3.39. The monoisotopic (exact) mass is 226 g/mol. The maximum Gasteiger partial charge on any atom is 0.235 e. The second-order valence-corrected chi connectivity index (χ2v) is 5.53. The molecule has 80 valence electrons. The molecule has 0 fully saturated rings. The van der Waals surface area contributed by atoms with Gasteiger partial charge in [-0.3, -0.25) is 4.40 Å². The number of fused-ring (bicyclic) bond motifs is 1. The minimum Gasteiger partial charge on any atom is -0.383 e. The Morgan fingerprint density at radius 3 is 2.73 bits per heavy atom. The third-order valence-electron chi connectivity index (χ3n) is 1.88. The lowest BCUT2D eigenvalue weighted by Crippen LogP contribution is -2.03. The number of sulfone groups is 1. The average molecular weight is 226 g/mol. The van der Waals surface area contributed by atoms with Crippen molar-refractivity contribution >= 4 is 21.4 Å². The lowest BCUT2D eigenvalue weighted by Gasteiger charge is -2.00. The highest BCUT2D eigenvalue weighted by Crippen LogP contribution is 2.09. The summed E-state index contributed by atoms with van der Waals surface area (Å²) < 4.78 is 23.7. The van der Waals surface area contributed by atoms with Gasteiger partial charge in [0.1, 0.15) is 5.82 Å². The van der Waals surface area contributed by atoms with Crippen molar-refractivity contribution in [1.82, 2.24) is 14.4 Å². The fraction of sp³-hybridized carbons (Fsp3) is 0.250. The Morgan fingerprint density at radius 2 is 2.07 bits per heavy atom. The van der Waals surface area contributed by atoms with Crippen LogP contribution in [0.5, 0.6) is 0 Å². The molecule has 2 aromatic rings. The van der Waals surface area contributed by atoms with Crippen molar-refractivity contribution < 1.29 is 8.42 Å². The summed E-state index contributed by atoms with van der Waals surface area (Å²) in [6.07, 6.45) is 5.77. The molecule has 0 atom stereocenters. The summed E-state index contributed by atoms with van der Waals surface area (Å²) in [5.74, 6) is 0.853. The highest BCUT2D eigenvalue weighted by molar-refractivity contribution is 7.89. The normalized spacial score (nSPS) is 12.1. The van der Waals surface area contributed by atoms with Gasteiger partial charge in [0.2, 0.25) is 5.78 Å². The minimum absolute atomic E-state index is 0.0481. The first kappa shape index (κ1) is 9.91. The van der Waals surface area contributed by atoms with E-state index < -0.39 is 9.84 Å².